The maximum Gasteiger partial charge on any atom is 0.258 e. The highest BCUT2D eigenvalue weighted by Gasteiger charge is 2.22. The quantitative estimate of drug-likeness (QED) is 0.409. The largest absolute Gasteiger partial charge is 0.492 e. The molecule has 2 aromatic carbocycles. The van der Waals surface area contributed by atoms with Gasteiger partial charge in [-0.05, 0) is 57.6 Å². The average molecular weight is 482 g/mol. The molecular formula is C28H32ClNO4. The summed E-state index contributed by atoms with van der Waals surface area (Å²) < 4.78 is 7.39. The van der Waals surface area contributed by atoms with Gasteiger partial charge in [0.2, 0.25) is 0 Å². The normalized spacial score (nSPS) is 12.4. The number of hydrogen-bond donors (Lipinski definition) is 1. The number of aromatic nitrogens is 1. The van der Waals surface area contributed by atoms with Crippen LogP contribution in [0.15, 0.2) is 35.1 Å². The number of aliphatic hydroxyl groups is 1. The second kappa shape index (κ2) is 11.4. The van der Waals surface area contributed by atoms with E-state index in [4.69, 9.17) is 21.4 Å². The van der Waals surface area contributed by atoms with Crippen molar-refractivity contribution in [3.63, 3.8) is 0 Å². The summed E-state index contributed by atoms with van der Waals surface area (Å²) in [5.74, 6) is 0.715. The Balaban J connectivity index is 0.000000520. The maximum absolute atomic E-state index is 12.8. The summed E-state index contributed by atoms with van der Waals surface area (Å²) in [6.07, 6.45) is 10.9. The van der Waals surface area contributed by atoms with E-state index in [9.17, 15) is 9.59 Å². The molecule has 1 aromatic heterocycles. The number of carbonyl (C=O) groups excluding carboxylic acids is 1. The first kappa shape index (κ1) is 27.2. The molecule has 3 aromatic rings. The maximum atomic E-state index is 12.8. The lowest BCUT2D eigenvalue weighted by atomic mass is 9.92. The van der Waals surface area contributed by atoms with Crippen LogP contribution in [0, 0.1) is 19.8 Å². The van der Waals surface area contributed by atoms with E-state index in [0.717, 1.165) is 46.8 Å². The smallest absolute Gasteiger partial charge is 0.258 e. The van der Waals surface area contributed by atoms with Crippen LogP contribution >= 0.6 is 11.6 Å². The Morgan fingerprint density at radius 2 is 1.82 bits per heavy atom. The van der Waals surface area contributed by atoms with Gasteiger partial charge in [-0.15, -0.1) is 12.8 Å². The number of aldehydes is 1. The number of terminal acetylenes is 1. The Labute approximate surface area is 206 Å². The van der Waals surface area contributed by atoms with Gasteiger partial charge in [0.25, 0.3) is 5.56 Å². The molecule has 0 bridgehead atoms. The topological polar surface area (TPSA) is 68.5 Å². The van der Waals surface area contributed by atoms with Crippen molar-refractivity contribution < 1.29 is 14.6 Å². The number of fused-ring (bicyclic) bond motifs is 2. The van der Waals surface area contributed by atoms with Gasteiger partial charge in [-0.1, -0.05) is 41.4 Å². The third-order valence-corrected chi connectivity index (χ3v) is 5.61. The van der Waals surface area contributed by atoms with Crippen LogP contribution in [0.3, 0.4) is 0 Å². The molecule has 5 nitrogen and oxygen atoms in total. The molecular weight excluding hydrogens is 450 g/mol. The van der Waals surface area contributed by atoms with Crippen molar-refractivity contribution in [2.24, 2.45) is 7.05 Å². The molecule has 0 spiro atoms. The third kappa shape index (κ3) is 6.08. The van der Waals surface area contributed by atoms with Gasteiger partial charge < -0.3 is 19.2 Å². The van der Waals surface area contributed by atoms with Gasteiger partial charge in [-0.2, -0.15) is 0 Å². The van der Waals surface area contributed by atoms with E-state index in [1.165, 1.54) is 0 Å². The van der Waals surface area contributed by atoms with Gasteiger partial charge in [0.05, 0.1) is 17.2 Å². The van der Waals surface area contributed by atoms with E-state index in [1.54, 1.807) is 32.4 Å². The molecule has 1 aliphatic rings. The Morgan fingerprint density at radius 3 is 2.44 bits per heavy atom. The van der Waals surface area contributed by atoms with Crippen LogP contribution in [0.1, 0.15) is 44.0 Å². The fourth-order valence-electron chi connectivity index (χ4n) is 3.88. The van der Waals surface area contributed by atoms with Crippen molar-refractivity contribution in [1.82, 2.24) is 4.57 Å². The SMILES string of the molecule is C#C.CC(C)(C)O.Cc1ccc2c(=O)n(C)c(CC=O)c(-c3ccc4c(c3Cl)OCCC4)c2c1. The van der Waals surface area contributed by atoms with E-state index in [1.807, 2.05) is 37.3 Å². The van der Waals surface area contributed by atoms with Gasteiger partial charge in [0.15, 0.2) is 0 Å². The zero-order chi connectivity index (χ0) is 25.6. The van der Waals surface area contributed by atoms with Crippen molar-refractivity contribution in [1.29, 1.82) is 0 Å². The first-order valence-corrected chi connectivity index (χ1v) is 11.5. The molecule has 0 fully saturated rings. The predicted octanol–water partition coefficient (Wildman–Crippen LogP) is 5.26. The lowest BCUT2D eigenvalue weighted by Gasteiger charge is -2.22. The van der Waals surface area contributed by atoms with Gasteiger partial charge in [-0.3, -0.25) is 4.79 Å². The number of ether oxygens (including phenoxy) is 1. The highest BCUT2D eigenvalue weighted by atomic mass is 35.5. The fraction of sp³-hybridized carbons (Fsp3) is 0.357. The van der Waals surface area contributed by atoms with Gasteiger partial charge in [0.1, 0.15) is 12.0 Å². The predicted molar refractivity (Wildman–Crippen MR) is 140 cm³/mol. The van der Waals surface area contributed by atoms with Gasteiger partial charge in [0, 0.05) is 35.7 Å². The number of hydrogen-bond acceptors (Lipinski definition) is 4. The Hall–Kier alpha value is -3.07. The van der Waals surface area contributed by atoms with Crippen LogP contribution < -0.4 is 10.3 Å². The van der Waals surface area contributed by atoms with Crippen molar-refractivity contribution in [3.05, 3.63) is 62.5 Å². The molecule has 6 heteroatoms. The van der Waals surface area contributed by atoms with Crippen molar-refractivity contribution in [3.8, 4) is 29.7 Å². The monoisotopic (exact) mass is 481 g/mol. The standard InChI is InChI=1S/C22H20ClNO3.C4H10O.C2H2/c1-13-5-7-15-17(12-13)19(18(9-10-25)24(2)22(15)26)16-8-6-14-4-3-11-27-21(14)20(16)23;1-4(2,3)5;1-2/h5-8,10,12H,3-4,9,11H2,1-2H3;5H,1-3H3;1-2H. The van der Waals surface area contributed by atoms with Gasteiger partial charge in [-0.25, -0.2) is 0 Å². The highest BCUT2D eigenvalue weighted by molar-refractivity contribution is 6.35. The summed E-state index contributed by atoms with van der Waals surface area (Å²) in [4.78, 5) is 24.2. The number of carbonyl (C=O) groups is 1. The van der Waals surface area contributed by atoms with E-state index < -0.39 is 5.60 Å². The number of halogens is 1. The Kier molecular flexibility index (Phi) is 9.09. The molecule has 0 saturated heterocycles. The molecule has 0 amide bonds. The second-order valence-electron chi connectivity index (χ2n) is 9.14. The van der Waals surface area contributed by atoms with Crippen molar-refractivity contribution in [2.75, 3.05) is 6.61 Å². The molecule has 0 atom stereocenters. The minimum Gasteiger partial charge on any atom is -0.492 e. The lowest BCUT2D eigenvalue weighted by Crippen LogP contribution is -2.22. The highest BCUT2D eigenvalue weighted by Crippen LogP contribution is 2.43. The molecule has 0 aliphatic carbocycles. The van der Waals surface area contributed by atoms with E-state index >= 15 is 0 Å². The summed E-state index contributed by atoms with van der Waals surface area (Å²) in [6, 6.07) is 9.75. The lowest BCUT2D eigenvalue weighted by molar-refractivity contribution is -0.107. The van der Waals surface area contributed by atoms with Crippen molar-refractivity contribution >= 4 is 28.7 Å². The molecule has 0 radical (unpaired) electrons. The minimum atomic E-state index is -0.500. The first-order chi connectivity index (χ1) is 16.0. The molecule has 2 heterocycles. The van der Waals surface area contributed by atoms with Crippen LogP contribution in [0.5, 0.6) is 5.75 Å². The Bertz CT molecular complexity index is 1260. The summed E-state index contributed by atoms with van der Waals surface area (Å²) in [7, 11) is 1.70. The zero-order valence-corrected chi connectivity index (χ0v) is 21.2. The number of pyridine rings is 1. The first-order valence-electron chi connectivity index (χ1n) is 11.1. The van der Waals surface area contributed by atoms with Crippen LogP contribution in [-0.2, 0) is 24.7 Å². The van der Waals surface area contributed by atoms with E-state index in [2.05, 4.69) is 12.8 Å². The van der Waals surface area contributed by atoms with Crippen molar-refractivity contribution in [2.45, 2.75) is 52.6 Å². The number of nitrogens with zero attached hydrogens (tertiary/aromatic N) is 1. The van der Waals surface area contributed by atoms with E-state index in [0.29, 0.717) is 28.5 Å². The minimum absolute atomic E-state index is 0.115. The van der Waals surface area contributed by atoms with Crippen LogP contribution in [-0.4, -0.2) is 28.2 Å². The molecule has 34 heavy (non-hydrogen) atoms. The summed E-state index contributed by atoms with van der Waals surface area (Å²) in [6.45, 7) is 7.86. The van der Waals surface area contributed by atoms with Gasteiger partial charge >= 0.3 is 0 Å². The Morgan fingerprint density at radius 1 is 1.18 bits per heavy atom. The summed E-state index contributed by atoms with van der Waals surface area (Å²) >= 11 is 6.76. The summed E-state index contributed by atoms with van der Waals surface area (Å²) in [5, 5.41) is 10.5. The molecule has 0 saturated carbocycles. The van der Waals surface area contributed by atoms with Crippen LogP contribution in [0.4, 0.5) is 0 Å². The molecule has 0 unspecified atom stereocenters. The number of benzene rings is 2. The molecule has 1 aliphatic heterocycles. The number of rotatable bonds is 3. The van der Waals surface area contributed by atoms with Crippen LogP contribution in [0.2, 0.25) is 5.02 Å². The average Bonchev–Trinajstić information content (AvgIpc) is 2.79. The summed E-state index contributed by atoms with van der Waals surface area (Å²) in [5.41, 5.74) is 3.79. The molecule has 4 rings (SSSR count). The number of aryl methyl sites for hydroxylation is 2. The third-order valence-electron chi connectivity index (χ3n) is 5.23. The molecule has 180 valence electrons. The fourth-order valence-corrected chi connectivity index (χ4v) is 4.21. The van der Waals surface area contributed by atoms with Crippen LogP contribution in [0.25, 0.3) is 21.9 Å². The molecule has 1 N–H and O–H groups in total. The zero-order valence-electron chi connectivity index (χ0n) is 20.4. The second-order valence-corrected chi connectivity index (χ2v) is 9.52. The van der Waals surface area contributed by atoms with E-state index in [-0.39, 0.29) is 12.0 Å².